The molecule has 2 aromatic rings. The van der Waals surface area contributed by atoms with Gasteiger partial charge in [-0.05, 0) is 23.8 Å². The Hall–Kier alpha value is -2.24. The molecule has 1 atom stereocenters. The Balaban J connectivity index is 1.53. The minimum atomic E-state index is -0.520. The second-order valence-corrected chi connectivity index (χ2v) is 6.55. The van der Waals surface area contributed by atoms with Gasteiger partial charge in [-0.15, -0.1) is 0 Å². The number of hydrogen-bond acceptors (Lipinski definition) is 4. The Morgan fingerprint density at radius 1 is 1.12 bits per heavy atom. The highest BCUT2D eigenvalue weighted by atomic mass is 35.5. The van der Waals surface area contributed by atoms with E-state index in [0.717, 1.165) is 30.1 Å². The van der Waals surface area contributed by atoms with Crippen molar-refractivity contribution in [2.75, 3.05) is 36.5 Å². The molecule has 6 heteroatoms. The molecular formula is C19H19ClN2O3. The first kappa shape index (κ1) is 16.2. The number of rotatable bonds is 3. The van der Waals surface area contributed by atoms with Crippen LogP contribution in [0.5, 0.6) is 5.75 Å². The van der Waals surface area contributed by atoms with E-state index >= 15 is 0 Å². The van der Waals surface area contributed by atoms with Crippen molar-refractivity contribution in [2.24, 2.45) is 0 Å². The van der Waals surface area contributed by atoms with E-state index in [1.165, 1.54) is 0 Å². The second kappa shape index (κ2) is 6.94. The fourth-order valence-electron chi connectivity index (χ4n) is 3.27. The first-order valence-corrected chi connectivity index (χ1v) is 8.77. The number of ether oxygens (including phenoxy) is 2. The van der Waals surface area contributed by atoms with Crippen LogP contribution in [-0.4, -0.2) is 38.3 Å². The monoisotopic (exact) mass is 358 g/mol. The molecule has 1 fully saturated rings. The van der Waals surface area contributed by atoms with E-state index in [-0.39, 0.29) is 5.91 Å². The molecular weight excluding hydrogens is 340 g/mol. The number of nitrogens with zero attached hydrogens (tertiary/aromatic N) is 1. The maximum atomic E-state index is 12.7. The number of benzene rings is 2. The molecule has 2 aliphatic rings. The Morgan fingerprint density at radius 2 is 1.92 bits per heavy atom. The summed E-state index contributed by atoms with van der Waals surface area (Å²) in [5.41, 5.74) is 2.61. The summed E-state index contributed by atoms with van der Waals surface area (Å²) in [6, 6.07) is 13.3. The third kappa shape index (κ3) is 3.30. The maximum absolute atomic E-state index is 12.7. The molecule has 1 amide bonds. The molecule has 1 N–H and O–H groups in total. The van der Waals surface area contributed by atoms with Crippen molar-refractivity contribution in [3.63, 3.8) is 0 Å². The predicted molar refractivity (Wildman–Crippen MR) is 97.7 cm³/mol. The topological polar surface area (TPSA) is 50.8 Å². The fraction of sp³-hybridized carbons (Fsp3) is 0.316. The third-order valence-electron chi connectivity index (χ3n) is 4.51. The van der Waals surface area contributed by atoms with Gasteiger partial charge < -0.3 is 19.7 Å². The zero-order valence-corrected chi connectivity index (χ0v) is 14.5. The summed E-state index contributed by atoms with van der Waals surface area (Å²) in [7, 11) is 0. The van der Waals surface area contributed by atoms with Crippen LogP contribution in [0.1, 0.15) is 5.56 Å². The number of hydrogen-bond donors (Lipinski definition) is 1. The SMILES string of the molecule is O=C(Nc1cccc(Cl)c1N1CCOCC1)[C@@H]1Cc2ccccc2O1. The van der Waals surface area contributed by atoms with Crippen molar-refractivity contribution in [1.82, 2.24) is 0 Å². The molecule has 0 aliphatic carbocycles. The van der Waals surface area contributed by atoms with Crippen molar-refractivity contribution in [3.05, 3.63) is 53.1 Å². The molecule has 0 aromatic heterocycles. The van der Waals surface area contributed by atoms with Crippen molar-refractivity contribution in [3.8, 4) is 5.75 Å². The van der Waals surface area contributed by atoms with Crippen molar-refractivity contribution >= 4 is 28.9 Å². The van der Waals surface area contributed by atoms with Crippen LogP contribution < -0.4 is 15.0 Å². The summed E-state index contributed by atoms with van der Waals surface area (Å²) in [6.07, 6.45) is 0.0593. The smallest absolute Gasteiger partial charge is 0.265 e. The lowest BCUT2D eigenvalue weighted by Gasteiger charge is -2.31. The highest BCUT2D eigenvalue weighted by molar-refractivity contribution is 6.34. The summed E-state index contributed by atoms with van der Waals surface area (Å²) >= 11 is 6.41. The van der Waals surface area contributed by atoms with E-state index in [4.69, 9.17) is 21.1 Å². The molecule has 5 nitrogen and oxygen atoms in total. The van der Waals surface area contributed by atoms with E-state index in [9.17, 15) is 4.79 Å². The van der Waals surface area contributed by atoms with Gasteiger partial charge in [-0.3, -0.25) is 4.79 Å². The first-order valence-electron chi connectivity index (χ1n) is 8.39. The molecule has 2 aromatic carbocycles. The van der Waals surface area contributed by atoms with Crippen LogP contribution in [-0.2, 0) is 16.0 Å². The second-order valence-electron chi connectivity index (χ2n) is 6.14. The lowest BCUT2D eigenvalue weighted by Crippen LogP contribution is -2.38. The maximum Gasteiger partial charge on any atom is 0.265 e. The quantitative estimate of drug-likeness (QED) is 0.916. The number of halogens is 1. The van der Waals surface area contributed by atoms with Crippen LogP contribution in [0.2, 0.25) is 5.02 Å². The van der Waals surface area contributed by atoms with Gasteiger partial charge >= 0.3 is 0 Å². The summed E-state index contributed by atoms with van der Waals surface area (Å²) < 4.78 is 11.2. The minimum absolute atomic E-state index is 0.159. The van der Waals surface area contributed by atoms with E-state index < -0.39 is 6.10 Å². The van der Waals surface area contributed by atoms with E-state index in [1.54, 1.807) is 0 Å². The molecule has 0 unspecified atom stereocenters. The molecule has 2 aliphatic heterocycles. The molecule has 2 heterocycles. The molecule has 1 saturated heterocycles. The predicted octanol–water partition coefficient (Wildman–Crippen LogP) is 3.12. The van der Waals surface area contributed by atoms with Crippen LogP contribution in [0.15, 0.2) is 42.5 Å². The van der Waals surface area contributed by atoms with Crippen LogP contribution in [0, 0.1) is 0 Å². The van der Waals surface area contributed by atoms with Gasteiger partial charge in [0.1, 0.15) is 5.75 Å². The molecule has 0 bridgehead atoms. The van der Waals surface area contributed by atoms with Gasteiger partial charge in [-0.2, -0.15) is 0 Å². The molecule has 0 saturated carbocycles. The zero-order chi connectivity index (χ0) is 17.2. The first-order chi connectivity index (χ1) is 12.2. The lowest BCUT2D eigenvalue weighted by molar-refractivity contribution is -0.122. The molecule has 0 spiro atoms. The van der Waals surface area contributed by atoms with E-state index in [0.29, 0.717) is 30.3 Å². The van der Waals surface area contributed by atoms with Crippen LogP contribution in [0.25, 0.3) is 0 Å². The third-order valence-corrected chi connectivity index (χ3v) is 4.82. The van der Waals surface area contributed by atoms with Crippen molar-refractivity contribution < 1.29 is 14.3 Å². The molecule has 4 rings (SSSR count). The van der Waals surface area contributed by atoms with Crippen LogP contribution in [0.3, 0.4) is 0 Å². The molecule has 25 heavy (non-hydrogen) atoms. The Bertz CT molecular complexity index is 765. The molecule has 0 radical (unpaired) electrons. The summed E-state index contributed by atoms with van der Waals surface area (Å²) in [5.74, 6) is 0.620. The van der Waals surface area contributed by atoms with Gasteiger partial charge in [0.25, 0.3) is 5.91 Å². The summed E-state index contributed by atoms with van der Waals surface area (Å²) in [6.45, 7) is 2.80. The zero-order valence-electron chi connectivity index (χ0n) is 13.7. The van der Waals surface area contributed by atoms with Crippen LogP contribution >= 0.6 is 11.6 Å². The number of carbonyl (C=O) groups is 1. The van der Waals surface area contributed by atoms with Gasteiger partial charge in [0.15, 0.2) is 6.10 Å². The van der Waals surface area contributed by atoms with Gasteiger partial charge in [-0.1, -0.05) is 35.9 Å². The average Bonchev–Trinajstić information content (AvgIpc) is 3.07. The van der Waals surface area contributed by atoms with Crippen molar-refractivity contribution in [2.45, 2.75) is 12.5 Å². The van der Waals surface area contributed by atoms with Crippen molar-refractivity contribution in [1.29, 1.82) is 0 Å². The number of carbonyl (C=O) groups excluding carboxylic acids is 1. The fourth-order valence-corrected chi connectivity index (χ4v) is 3.56. The largest absolute Gasteiger partial charge is 0.480 e. The van der Waals surface area contributed by atoms with Gasteiger partial charge in [0.2, 0.25) is 0 Å². The van der Waals surface area contributed by atoms with E-state index in [1.807, 2.05) is 42.5 Å². The number of amides is 1. The van der Waals surface area contributed by atoms with Gasteiger partial charge in [0, 0.05) is 19.5 Å². The summed E-state index contributed by atoms with van der Waals surface area (Å²) in [5, 5.41) is 3.62. The Labute approximate surface area is 151 Å². The standard InChI is InChI=1S/C19H19ClN2O3/c20-14-5-3-6-15(18(14)22-8-10-24-11-9-22)21-19(23)17-12-13-4-1-2-7-16(13)25-17/h1-7,17H,8-12H2,(H,21,23)/t17-/m0/s1. The van der Waals surface area contributed by atoms with Gasteiger partial charge in [0.05, 0.1) is 29.6 Å². The number of para-hydroxylation sites is 2. The van der Waals surface area contributed by atoms with Crippen LogP contribution in [0.4, 0.5) is 11.4 Å². The van der Waals surface area contributed by atoms with Gasteiger partial charge in [-0.25, -0.2) is 0 Å². The van der Waals surface area contributed by atoms with E-state index in [2.05, 4.69) is 10.2 Å². The lowest BCUT2D eigenvalue weighted by atomic mass is 10.1. The normalized spacial score (nSPS) is 19.2. The minimum Gasteiger partial charge on any atom is -0.480 e. The number of nitrogens with one attached hydrogen (secondary N) is 1. The summed E-state index contributed by atoms with van der Waals surface area (Å²) in [4.78, 5) is 14.9. The highest BCUT2D eigenvalue weighted by Gasteiger charge is 2.30. The highest BCUT2D eigenvalue weighted by Crippen LogP contribution is 2.35. The number of morpholine rings is 1. The molecule has 130 valence electrons. The Morgan fingerprint density at radius 3 is 2.72 bits per heavy atom. The average molecular weight is 359 g/mol. The number of anilines is 2. The number of fused-ring (bicyclic) bond motifs is 1. The Kier molecular flexibility index (Phi) is 4.51.